The fraction of sp³-hybridized carbons (Fsp3) is 0.222. The van der Waals surface area contributed by atoms with Crippen molar-refractivity contribution >= 4 is 50.7 Å². The Morgan fingerprint density at radius 2 is 1.80 bits per heavy atom. The zero-order valence-electron chi connectivity index (χ0n) is 14.0. The highest BCUT2D eigenvalue weighted by Gasteiger charge is 2.18. The van der Waals surface area contributed by atoms with Gasteiger partial charge in [0.25, 0.3) is 5.91 Å². The monoisotopic (exact) mass is 424 g/mol. The summed E-state index contributed by atoms with van der Waals surface area (Å²) in [6.45, 7) is 4.91. The van der Waals surface area contributed by atoms with Gasteiger partial charge >= 0.3 is 0 Å². The molecule has 0 heterocycles. The molecule has 1 atom stereocenters. The number of benzene rings is 2. The molecule has 0 aliphatic heterocycles. The van der Waals surface area contributed by atoms with Crippen LogP contribution < -0.4 is 15.4 Å². The number of nitrogens with one attached hydrogen (secondary N) is 2. The smallest absolute Gasteiger partial charge is 0.265 e. The summed E-state index contributed by atoms with van der Waals surface area (Å²) in [5.41, 5.74) is 2.03. The summed E-state index contributed by atoms with van der Waals surface area (Å²) in [5.74, 6) is 0.0524. The molecule has 0 bridgehead atoms. The Kier molecular flexibility index (Phi) is 6.45. The lowest BCUT2D eigenvalue weighted by Gasteiger charge is -2.18. The van der Waals surface area contributed by atoms with Crippen LogP contribution in [0.15, 0.2) is 40.9 Å². The Labute approximate surface area is 159 Å². The highest BCUT2D eigenvalue weighted by atomic mass is 79.9. The van der Waals surface area contributed by atoms with Gasteiger partial charge in [-0.15, -0.1) is 0 Å². The molecule has 7 heteroatoms. The molecule has 25 heavy (non-hydrogen) atoms. The summed E-state index contributed by atoms with van der Waals surface area (Å²) in [4.78, 5) is 23.6. The standard InChI is InChI=1S/C18H18BrClN2O3/c1-10-15(21-12(3)23)5-4-6-16(10)22-18(24)11(2)25-17-8-7-13(20)9-14(17)19/h4-9,11H,1-3H3,(H,21,23)(H,22,24)/t11-/m1/s1. The van der Waals surface area contributed by atoms with Gasteiger partial charge in [-0.3, -0.25) is 9.59 Å². The van der Waals surface area contributed by atoms with Crippen molar-refractivity contribution in [3.05, 3.63) is 51.5 Å². The highest BCUT2D eigenvalue weighted by molar-refractivity contribution is 9.10. The first-order valence-electron chi connectivity index (χ1n) is 7.57. The fourth-order valence-corrected chi connectivity index (χ4v) is 2.92. The maximum Gasteiger partial charge on any atom is 0.265 e. The number of ether oxygens (including phenoxy) is 1. The molecule has 0 fully saturated rings. The van der Waals surface area contributed by atoms with Gasteiger partial charge in [0.15, 0.2) is 6.10 Å². The number of anilines is 2. The summed E-state index contributed by atoms with van der Waals surface area (Å²) in [6.07, 6.45) is -0.721. The van der Waals surface area contributed by atoms with E-state index in [1.54, 1.807) is 43.3 Å². The molecule has 0 unspecified atom stereocenters. The van der Waals surface area contributed by atoms with Crippen LogP contribution in [0.25, 0.3) is 0 Å². The highest BCUT2D eigenvalue weighted by Crippen LogP contribution is 2.29. The van der Waals surface area contributed by atoms with E-state index in [-0.39, 0.29) is 11.8 Å². The maximum atomic E-state index is 12.4. The number of carbonyl (C=O) groups is 2. The third-order valence-electron chi connectivity index (χ3n) is 3.47. The molecule has 5 nitrogen and oxygen atoms in total. The Morgan fingerprint density at radius 3 is 2.40 bits per heavy atom. The number of amides is 2. The molecule has 2 amide bonds. The van der Waals surface area contributed by atoms with Crippen LogP contribution in [0.1, 0.15) is 19.4 Å². The molecule has 0 aliphatic rings. The minimum Gasteiger partial charge on any atom is -0.480 e. The van der Waals surface area contributed by atoms with E-state index in [1.165, 1.54) is 6.92 Å². The van der Waals surface area contributed by atoms with Crippen molar-refractivity contribution in [2.45, 2.75) is 26.9 Å². The van der Waals surface area contributed by atoms with Crippen molar-refractivity contribution in [3.8, 4) is 5.75 Å². The van der Waals surface area contributed by atoms with Crippen molar-refractivity contribution in [2.24, 2.45) is 0 Å². The van der Waals surface area contributed by atoms with Crippen molar-refractivity contribution in [1.82, 2.24) is 0 Å². The van der Waals surface area contributed by atoms with E-state index in [9.17, 15) is 9.59 Å². The number of hydrogen-bond donors (Lipinski definition) is 2. The Bertz CT molecular complexity index is 811. The van der Waals surface area contributed by atoms with Gasteiger partial charge in [-0.05, 0) is 65.7 Å². The second kappa shape index (κ2) is 8.36. The predicted octanol–water partition coefficient (Wildman–Crippen LogP) is 4.78. The Hall–Kier alpha value is -2.05. The normalized spacial score (nSPS) is 11.6. The summed E-state index contributed by atoms with van der Waals surface area (Å²) in [7, 11) is 0. The largest absolute Gasteiger partial charge is 0.480 e. The van der Waals surface area contributed by atoms with Gasteiger partial charge in [-0.1, -0.05) is 17.7 Å². The molecule has 2 N–H and O–H groups in total. The van der Waals surface area contributed by atoms with Gasteiger partial charge in [0, 0.05) is 23.3 Å². The van der Waals surface area contributed by atoms with E-state index in [0.29, 0.717) is 26.6 Å². The minimum atomic E-state index is -0.721. The van der Waals surface area contributed by atoms with E-state index in [0.717, 1.165) is 5.56 Å². The lowest BCUT2D eigenvalue weighted by Crippen LogP contribution is -2.30. The molecule has 0 aliphatic carbocycles. The first-order valence-corrected chi connectivity index (χ1v) is 8.75. The number of rotatable bonds is 5. The first-order chi connectivity index (χ1) is 11.8. The van der Waals surface area contributed by atoms with Crippen LogP contribution in [0.5, 0.6) is 5.75 Å². The zero-order valence-corrected chi connectivity index (χ0v) is 16.4. The topological polar surface area (TPSA) is 67.4 Å². The van der Waals surface area contributed by atoms with E-state index in [2.05, 4.69) is 26.6 Å². The van der Waals surface area contributed by atoms with Gasteiger partial charge in [0.1, 0.15) is 5.75 Å². The Balaban J connectivity index is 2.09. The minimum absolute atomic E-state index is 0.170. The second-order valence-electron chi connectivity index (χ2n) is 5.48. The number of halogens is 2. The van der Waals surface area contributed by atoms with E-state index in [1.807, 2.05) is 6.92 Å². The lowest BCUT2D eigenvalue weighted by molar-refractivity contribution is -0.122. The molecule has 132 valence electrons. The molecule has 0 saturated carbocycles. The van der Waals surface area contributed by atoms with E-state index < -0.39 is 6.10 Å². The fourth-order valence-electron chi connectivity index (χ4n) is 2.15. The zero-order chi connectivity index (χ0) is 18.6. The summed E-state index contributed by atoms with van der Waals surface area (Å²) in [5, 5.41) is 6.12. The van der Waals surface area contributed by atoms with Crippen molar-refractivity contribution in [1.29, 1.82) is 0 Å². The average molecular weight is 426 g/mol. The predicted molar refractivity (Wildman–Crippen MR) is 103 cm³/mol. The maximum absolute atomic E-state index is 12.4. The van der Waals surface area contributed by atoms with Crippen LogP contribution in [0.3, 0.4) is 0 Å². The van der Waals surface area contributed by atoms with Crippen molar-refractivity contribution in [2.75, 3.05) is 10.6 Å². The van der Waals surface area contributed by atoms with E-state index >= 15 is 0 Å². The Morgan fingerprint density at radius 1 is 1.16 bits per heavy atom. The van der Waals surface area contributed by atoms with Gasteiger partial charge < -0.3 is 15.4 Å². The first kappa shape index (κ1) is 19.3. The van der Waals surface area contributed by atoms with Crippen molar-refractivity contribution in [3.63, 3.8) is 0 Å². The van der Waals surface area contributed by atoms with E-state index in [4.69, 9.17) is 16.3 Å². The third-order valence-corrected chi connectivity index (χ3v) is 4.32. The second-order valence-corrected chi connectivity index (χ2v) is 6.77. The van der Waals surface area contributed by atoms with Gasteiger partial charge in [0.05, 0.1) is 4.47 Å². The molecule has 2 rings (SSSR count). The summed E-state index contributed by atoms with van der Waals surface area (Å²) >= 11 is 9.25. The lowest BCUT2D eigenvalue weighted by atomic mass is 10.1. The quantitative estimate of drug-likeness (QED) is 0.725. The molecule has 0 radical (unpaired) electrons. The van der Waals surface area contributed by atoms with Crippen LogP contribution in [0.2, 0.25) is 5.02 Å². The molecule has 2 aromatic carbocycles. The van der Waals surface area contributed by atoms with Gasteiger partial charge in [-0.25, -0.2) is 0 Å². The van der Waals surface area contributed by atoms with Gasteiger partial charge in [0.2, 0.25) is 5.91 Å². The summed E-state index contributed by atoms with van der Waals surface area (Å²) < 4.78 is 6.35. The molecule has 0 aromatic heterocycles. The van der Waals surface area contributed by atoms with Crippen LogP contribution in [-0.2, 0) is 9.59 Å². The molecular weight excluding hydrogens is 408 g/mol. The number of carbonyl (C=O) groups excluding carboxylic acids is 2. The SMILES string of the molecule is CC(=O)Nc1cccc(NC(=O)[C@@H](C)Oc2ccc(Cl)cc2Br)c1C. The number of hydrogen-bond acceptors (Lipinski definition) is 3. The van der Waals surface area contributed by atoms with Crippen LogP contribution in [-0.4, -0.2) is 17.9 Å². The van der Waals surface area contributed by atoms with Crippen LogP contribution in [0, 0.1) is 6.92 Å². The molecular formula is C18H18BrClN2O3. The molecule has 0 saturated heterocycles. The average Bonchev–Trinajstić information content (AvgIpc) is 2.53. The molecule has 2 aromatic rings. The van der Waals surface area contributed by atoms with Crippen LogP contribution in [0.4, 0.5) is 11.4 Å². The third kappa shape index (κ3) is 5.21. The molecule has 0 spiro atoms. The van der Waals surface area contributed by atoms with Gasteiger partial charge in [-0.2, -0.15) is 0 Å². The summed E-state index contributed by atoms with van der Waals surface area (Å²) in [6, 6.07) is 10.4. The van der Waals surface area contributed by atoms with Crippen LogP contribution >= 0.6 is 27.5 Å². The van der Waals surface area contributed by atoms with Crippen molar-refractivity contribution < 1.29 is 14.3 Å².